The Kier molecular flexibility index (Phi) is 3.52. The van der Waals surface area contributed by atoms with E-state index < -0.39 is 5.97 Å². The second-order valence-electron chi connectivity index (χ2n) is 3.51. The van der Waals surface area contributed by atoms with E-state index in [4.69, 9.17) is 4.74 Å². The summed E-state index contributed by atoms with van der Waals surface area (Å²) in [7, 11) is 0. The number of hydrogen-bond donors (Lipinski definition) is 1. The fourth-order valence-electron chi connectivity index (χ4n) is 1.41. The van der Waals surface area contributed by atoms with Crippen LogP contribution in [-0.2, 0) is 11.3 Å². The van der Waals surface area contributed by atoms with Crippen LogP contribution in [0.5, 0.6) is 5.88 Å². The first-order valence-corrected chi connectivity index (χ1v) is 5.38. The molecule has 0 bridgehead atoms. The summed E-state index contributed by atoms with van der Waals surface area (Å²) < 4.78 is 6.08. The average molecular weight is 248 g/mol. The van der Waals surface area contributed by atoms with Crippen LogP contribution in [0.1, 0.15) is 23.0 Å². The summed E-state index contributed by atoms with van der Waals surface area (Å²) in [5, 5.41) is 13.6. The van der Waals surface area contributed by atoms with Crippen LogP contribution >= 0.6 is 0 Å². The second kappa shape index (κ2) is 5.26. The van der Waals surface area contributed by atoms with Crippen molar-refractivity contribution in [2.24, 2.45) is 0 Å². The number of esters is 1. The molecule has 0 saturated heterocycles. The molecule has 2 rings (SSSR count). The molecule has 2 heterocycles. The minimum absolute atomic E-state index is 0.0752. The normalized spacial score (nSPS) is 10.3. The van der Waals surface area contributed by atoms with Crippen molar-refractivity contribution >= 4 is 5.97 Å². The number of hydrogen-bond acceptors (Lipinski definition) is 6. The molecule has 0 aliphatic rings. The van der Waals surface area contributed by atoms with Crippen molar-refractivity contribution in [2.75, 3.05) is 6.61 Å². The minimum Gasteiger partial charge on any atom is -0.493 e. The van der Waals surface area contributed by atoms with Crippen molar-refractivity contribution in [3.8, 4) is 5.88 Å². The third kappa shape index (κ3) is 2.62. The van der Waals surface area contributed by atoms with Crippen LogP contribution in [0.25, 0.3) is 0 Å². The summed E-state index contributed by atoms with van der Waals surface area (Å²) in [6.45, 7) is 2.25. The van der Waals surface area contributed by atoms with Crippen LogP contribution in [0, 0.1) is 0 Å². The summed E-state index contributed by atoms with van der Waals surface area (Å²) in [6, 6.07) is 1.27. The smallest absolute Gasteiger partial charge is 0.358 e. The Morgan fingerprint density at radius 2 is 2.17 bits per heavy atom. The largest absolute Gasteiger partial charge is 0.493 e. The highest BCUT2D eigenvalue weighted by Crippen LogP contribution is 2.14. The molecule has 2 aromatic heterocycles. The lowest BCUT2D eigenvalue weighted by Gasteiger charge is -2.01. The van der Waals surface area contributed by atoms with Gasteiger partial charge in [-0.15, -0.1) is 0 Å². The van der Waals surface area contributed by atoms with Gasteiger partial charge in [-0.25, -0.2) is 19.4 Å². The molecule has 0 aliphatic heterocycles. The number of aromatic hydroxyl groups is 1. The van der Waals surface area contributed by atoms with Crippen molar-refractivity contribution in [3.05, 3.63) is 36.0 Å². The number of aromatic nitrogens is 4. The highest BCUT2D eigenvalue weighted by molar-refractivity contribution is 5.87. The Hall–Kier alpha value is -2.44. The van der Waals surface area contributed by atoms with Crippen molar-refractivity contribution in [1.29, 1.82) is 0 Å². The zero-order chi connectivity index (χ0) is 13.0. The number of carbonyl (C=O) groups is 1. The van der Waals surface area contributed by atoms with Crippen LogP contribution < -0.4 is 0 Å². The zero-order valence-corrected chi connectivity index (χ0v) is 9.78. The van der Waals surface area contributed by atoms with Gasteiger partial charge in [-0.2, -0.15) is 5.10 Å². The molecule has 7 heteroatoms. The maximum absolute atomic E-state index is 11.4. The number of nitrogens with zero attached hydrogens (tertiary/aromatic N) is 4. The van der Waals surface area contributed by atoms with E-state index in [-0.39, 0.29) is 24.7 Å². The Balaban J connectivity index is 2.17. The Labute approximate surface area is 103 Å². The van der Waals surface area contributed by atoms with E-state index >= 15 is 0 Å². The molecule has 0 aliphatic carbocycles. The molecule has 0 unspecified atom stereocenters. The highest BCUT2D eigenvalue weighted by Gasteiger charge is 2.14. The van der Waals surface area contributed by atoms with Gasteiger partial charge in [0.05, 0.1) is 13.2 Å². The van der Waals surface area contributed by atoms with Gasteiger partial charge >= 0.3 is 5.97 Å². The number of rotatable bonds is 4. The van der Waals surface area contributed by atoms with Crippen LogP contribution in [0.3, 0.4) is 0 Å². The Morgan fingerprint density at radius 3 is 2.83 bits per heavy atom. The summed E-state index contributed by atoms with van der Waals surface area (Å²) in [5.41, 5.74) is 0.845. The molecule has 94 valence electrons. The molecule has 0 amide bonds. The van der Waals surface area contributed by atoms with Crippen molar-refractivity contribution in [2.45, 2.75) is 13.5 Å². The van der Waals surface area contributed by atoms with E-state index in [0.29, 0.717) is 0 Å². The van der Waals surface area contributed by atoms with Crippen molar-refractivity contribution in [3.63, 3.8) is 0 Å². The molecule has 0 fully saturated rings. The first-order valence-electron chi connectivity index (χ1n) is 5.38. The quantitative estimate of drug-likeness (QED) is 0.797. The molecule has 0 saturated carbocycles. The van der Waals surface area contributed by atoms with Gasteiger partial charge in [-0.1, -0.05) is 0 Å². The molecule has 0 aromatic carbocycles. The third-order valence-corrected chi connectivity index (χ3v) is 2.19. The molecule has 7 nitrogen and oxygen atoms in total. The molecule has 1 N–H and O–H groups in total. The van der Waals surface area contributed by atoms with Crippen LogP contribution in [0.4, 0.5) is 0 Å². The lowest BCUT2D eigenvalue weighted by molar-refractivity contribution is 0.0518. The summed E-state index contributed by atoms with van der Waals surface area (Å²) in [4.78, 5) is 19.1. The molecule has 18 heavy (non-hydrogen) atoms. The first-order chi connectivity index (χ1) is 8.70. The Morgan fingerprint density at radius 1 is 1.44 bits per heavy atom. The molecule has 0 atom stereocenters. The first kappa shape index (κ1) is 12.0. The molecule has 0 spiro atoms. The molecular weight excluding hydrogens is 236 g/mol. The predicted molar refractivity (Wildman–Crippen MR) is 61.0 cm³/mol. The van der Waals surface area contributed by atoms with E-state index in [1.807, 2.05) is 0 Å². The van der Waals surface area contributed by atoms with E-state index in [1.165, 1.54) is 17.1 Å². The minimum atomic E-state index is -0.559. The van der Waals surface area contributed by atoms with Crippen LogP contribution in [-0.4, -0.2) is 37.4 Å². The van der Waals surface area contributed by atoms with Gasteiger partial charge < -0.3 is 9.84 Å². The zero-order valence-electron chi connectivity index (χ0n) is 9.78. The van der Waals surface area contributed by atoms with Gasteiger partial charge in [0.15, 0.2) is 5.69 Å². The van der Waals surface area contributed by atoms with E-state index in [1.54, 1.807) is 19.3 Å². The second-order valence-corrected chi connectivity index (χ2v) is 3.51. The van der Waals surface area contributed by atoms with Gasteiger partial charge in [-0.05, 0) is 6.92 Å². The van der Waals surface area contributed by atoms with Crippen LogP contribution in [0.2, 0.25) is 0 Å². The summed E-state index contributed by atoms with van der Waals surface area (Å²) >= 11 is 0. The fraction of sp³-hybridized carbons (Fsp3) is 0.273. The summed E-state index contributed by atoms with van der Waals surface area (Å²) in [5.74, 6) is -0.669. The number of carbonyl (C=O) groups excluding carboxylic acids is 1. The van der Waals surface area contributed by atoms with Gasteiger partial charge in [0.2, 0.25) is 5.88 Å². The summed E-state index contributed by atoms with van der Waals surface area (Å²) in [6.07, 6.45) is 4.63. The van der Waals surface area contributed by atoms with Gasteiger partial charge in [0.1, 0.15) is 6.33 Å². The van der Waals surface area contributed by atoms with E-state index in [0.717, 1.165) is 5.56 Å². The fourth-order valence-corrected chi connectivity index (χ4v) is 1.41. The highest BCUT2D eigenvalue weighted by atomic mass is 16.5. The lowest BCUT2D eigenvalue weighted by atomic mass is 10.3. The maximum Gasteiger partial charge on any atom is 0.358 e. The van der Waals surface area contributed by atoms with Crippen molar-refractivity contribution in [1.82, 2.24) is 19.7 Å². The SMILES string of the molecule is CCOC(=O)c1cc(O)n(Cc2cncnc2)n1. The van der Waals surface area contributed by atoms with Gasteiger partial charge in [0, 0.05) is 24.0 Å². The topological polar surface area (TPSA) is 90.1 Å². The average Bonchev–Trinajstić information content (AvgIpc) is 2.73. The third-order valence-electron chi connectivity index (χ3n) is 2.19. The van der Waals surface area contributed by atoms with Crippen molar-refractivity contribution < 1.29 is 14.6 Å². The van der Waals surface area contributed by atoms with E-state index in [2.05, 4.69) is 15.1 Å². The van der Waals surface area contributed by atoms with Crippen LogP contribution in [0.15, 0.2) is 24.8 Å². The standard InChI is InChI=1S/C11H12N4O3/c1-2-18-11(17)9-3-10(16)15(14-9)6-8-4-12-7-13-5-8/h3-5,7,16H,2,6H2,1H3. The number of ether oxygens (including phenoxy) is 1. The van der Waals surface area contributed by atoms with Gasteiger partial charge in [0.25, 0.3) is 0 Å². The lowest BCUT2D eigenvalue weighted by Crippen LogP contribution is -2.08. The van der Waals surface area contributed by atoms with E-state index in [9.17, 15) is 9.90 Å². The van der Waals surface area contributed by atoms with Gasteiger partial charge in [-0.3, -0.25) is 0 Å². The Bertz CT molecular complexity index is 538. The molecule has 0 radical (unpaired) electrons. The maximum atomic E-state index is 11.4. The molecule has 2 aromatic rings. The predicted octanol–water partition coefficient (Wildman–Crippen LogP) is 0.604. The molecular formula is C11H12N4O3. The monoisotopic (exact) mass is 248 g/mol.